The number of nitrogens with zero attached hydrogens (tertiary/aromatic N) is 2. The molecule has 0 saturated carbocycles. The molecule has 0 radical (unpaired) electrons. The third-order valence-electron chi connectivity index (χ3n) is 7.77. The van der Waals surface area contributed by atoms with Gasteiger partial charge in [-0.05, 0) is 73.9 Å². The van der Waals surface area contributed by atoms with Gasteiger partial charge in [-0.25, -0.2) is 9.36 Å². The van der Waals surface area contributed by atoms with Gasteiger partial charge in [-0.2, -0.15) is 0 Å². The van der Waals surface area contributed by atoms with Gasteiger partial charge < -0.3 is 25.8 Å². The summed E-state index contributed by atoms with van der Waals surface area (Å²) in [6, 6.07) is 16.6. The van der Waals surface area contributed by atoms with E-state index in [0.717, 1.165) is 26.7 Å². The largest absolute Gasteiger partial charge is 0.434 e. The fourth-order valence-corrected chi connectivity index (χ4v) is 5.37. The molecule has 0 bridgehead atoms. The Morgan fingerprint density at radius 1 is 1.00 bits per heavy atom. The van der Waals surface area contributed by atoms with Crippen molar-refractivity contribution in [3.05, 3.63) is 98.8 Å². The number of fused-ring (bicyclic) bond motifs is 1. The molecule has 3 atom stereocenters. The second kappa shape index (κ2) is 12.8. The van der Waals surface area contributed by atoms with E-state index in [-0.39, 0.29) is 18.5 Å². The van der Waals surface area contributed by atoms with Gasteiger partial charge in [-0.15, -0.1) is 0 Å². The zero-order valence-corrected chi connectivity index (χ0v) is 25.4. The molecule has 1 saturated heterocycles. The van der Waals surface area contributed by atoms with E-state index < -0.39 is 53.4 Å². The Bertz CT molecular complexity index is 1910. The summed E-state index contributed by atoms with van der Waals surface area (Å²) >= 11 is 0. The summed E-state index contributed by atoms with van der Waals surface area (Å²) in [7, 11) is 0. The SMILES string of the molecule is CCC(C(=O)NC1CC(=O)OC1O)n1c(=O)c(NC(=O)c2ccc(Nc3ccc4ccccc4c3)cc2C)cn(C(C)C)c1=O. The Morgan fingerprint density at radius 3 is 2.33 bits per heavy atom. The van der Waals surface area contributed by atoms with Gasteiger partial charge in [-0.3, -0.25) is 23.7 Å². The topological polar surface area (TPSA) is 161 Å². The van der Waals surface area contributed by atoms with Crippen molar-refractivity contribution in [1.82, 2.24) is 14.5 Å². The Labute approximate surface area is 258 Å². The maximum Gasteiger partial charge on any atom is 0.332 e. The maximum atomic E-state index is 13.6. The fourth-order valence-electron chi connectivity index (χ4n) is 5.37. The number of hydrogen-bond acceptors (Lipinski definition) is 8. The first-order valence-corrected chi connectivity index (χ1v) is 14.7. The zero-order valence-electron chi connectivity index (χ0n) is 25.4. The van der Waals surface area contributed by atoms with Crippen LogP contribution in [-0.4, -0.2) is 44.4 Å². The molecule has 45 heavy (non-hydrogen) atoms. The molecule has 1 fully saturated rings. The van der Waals surface area contributed by atoms with E-state index in [1.165, 1.54) is 10.8 Å². The normalized spacial score (nSPS) is 16.8. The van der Waals surface area contributed by atoms with Gasteiger partial charge in [0.1, 0.15) is 17.8 Å². The van der Waals surface area contributed by atoms with Gasteiger partial charge in [-0.1, -0.05) is 37.3 Å². The van der Waals surface area contributed by atoms with Crippen LogP contribution in [0.3, 0.4) is 0 Å². The van der Waals surface area contributed by atoms with Crippen LogP contribution in [0, 0.1) is 6.92 Å². The summed E-state index contributed by atoms with van der Waals surface area (Å²) < 4.78 is 6.72. The quantitative estimate of drug-likeness (QED) is 0.208. The lowest BCUT2D eigenvalue weighted by Gasteiger charge is -2.23. The van der Waals surface area contributed by atoms with Crippen molar-refractivity contribution in [2.24, 2.45) is 0 Å². The smallest absolute Gasteiger partial charge is 0.332 e. The number of aliphatic hydroxyl groups excluding tert-OH is 1. The van der Waals surface area contributed by atoms with Gasteiger partial charge in [0.15, 0.2) is 0 Å². The summed E-state index contributed by atoms with van der Waals surface area (Å²) in [5.41, 5.74) is 0.833. The highest BCUT2D eigenvalue weighted by Crippen LogP contribution is 2.24. The molecule has 3 aromatic carbocycles. The van der Waals surface area contributed by atoms with E-state index in [0.29, 0.717) is 11.1 Å². The number of aliphatic hydroxyl groups is 1. The Kier molecular flexibility index (Phi) is 8.87. The summed E-state index contributed by atoms with van der Waals surface area (Å²) in [6.07, 6.45) is -0.475. The van der Waals surface area contributed by atoms with E-state index in [2.05, 4.69) is 20.7 Å². The summed E-state index contributed by atoms with van der Waals surface area (Å²) in [5, 5.41) is 20.6. The van der Waals surface area contributed by atoms with Crippen molar-refractivity contribution >= 4 is 45.6 Å². The highest BCUT2D eigenvalue weighted by atomic mass is 16.6. The Morgan fingerprint density at radius 2 is 1.69 bits per heavy atom. The lowest BCUT2D eigenvalue weighted by Crippen LogP contribution is -2.50. The van der Waals surface area contributed by atoms with E-state index in [4.69, 9.17) is 0 Å². The third kappa shape index (κ3) is 6.50. The predicted octanol–water partition coefficient (Wildman–Crippen LogP) is 3.75. The van der Waals surface area contributed by atoms with Gasteiger partial charge in [0.25, 0.3) is 11.5 Å². The minimum absolute atomic E-state index is 0.0405. The number of ether oxygens (including phenoxy) is 1. The van der Waals surface area contributed by atoms with Crippen LogP contribution in [0.15, 0.2) is 76.4 Å². The number of nitrogens with one attached hydrogen (secondary N) is 3. The van der Waals surface area contributed by atoms with E-state index >= 15 is 0 Å². The van der Waals surface area contributed by atoms with Crippen LogP contribution in [0.5, 0.6) is 0 Å². The van der Waals surface area contributed by atoms with Crippen molar-refractivity contribution < 1.29 is 24.2 Å². The standard InChI is InChI=1S/C33H35N5O7/c1-5-27(30(41)35-25-16-28(39)45-32(25)43)38-31(42)26(17-37(18(2)3)33(38)44)36-29(40)24-13-12-22(14-19(24)4)34-23-11-10-20-8-6-7-9-21(20)15-23/h6-15,17-18,25,27,32,34,43H,5,16H2,1-4H3,(H,35,41)(H,36,40). The molecule has 234 valence electrons. The maximum absolute atomic E-state index is 13.6. The van der Waals surface area contributed by atoms with Gasteiger partial charge in [0.05, 0.1) is 6.42 Å². The van der Waals surface area contributed by atoms with Crippen molar-refractivity contribution in [3.63, 3.8) is 0 Å². The molecule has 2 amide bonds. The number of aryl methyl sites for hydroxylation is 1. The van der Waals surface area contributed by atoms with Crippen LogP contribution in [-0.2, 0) is 14.3 Å². The van der Waals surface area contributed by atoms with E-state index in [1.807, 2.05) is 48.5 Å². The summed E-state index contributed by atoms with van der Waals surface area (Å²) in [6.45, 7) is 6.85. The second-order valence-electron chi connectivity index (χ2n) is 11.3. The number of amides is 2. The van der Waals surface area contributed by atoms with Crippen LogP contribution in [0.2, 0.25) is 0 Å². The minimum Gasteiger partial charge on any atom is -0.434 e. The molecule has 4 N–H and O–H groups in total. The zero-order chi connectivity index (χ0) is 32.4. The molecular weight excluding hydrogens is 578 g/mol. The van der Waals surface area contributed by atoms with Crippen LogP contribution in [0.25, 0.3) is 10.8 Å². The molecule has 5 rings (SSSR count). The molecule has 12 nitrogen and oxygen atoms in total. The van der Waals surface area contributed by atoms with Crippen molar-refractivity contribution in [1.29, 1.82) is 0 Å². The van der Waals surface area contributed by atoms with Crippen molar-refractivity contribution in [3.8, 4) is 0 Å². The highest BCUT2D eigenvalue weighted by molar-refractivity contribution is 6.05. The molecule has 3 unspecified atom stereocenters. The number of esters is 1. The van der Waals surface area contributed by atoms with Crippen molar-refractivity contribution in [2.75, 3.05) is 10.6 Å². The summed E-state index contributed by atoms with van der Waals surface area (Å²) in [5.74, 6) is -1.99. The lowest BCUT2D eigenvalue weighted by atomic mass is 10.1. The molecule has 4 aromatic rings. The number of rotatable bonds is 9. The highest BCUT2D eigenvalue weighted by Gasteiger charge is 2.36. The fraction of sp³-hybridized carbons (Fsp3) is 0.303. The molecule has 1 aromatic heterocycles. The molecule has 12 heteroatoms. The predicted molar refractivity (Wildman–Crippen MR) is 170 cm³/mol. The van der Waals surface area contributed by atoms with Gasteiger partial charge in [0, 0.05) is 29.2 Å². The number of cyclic esters (lactones) is 1. The van der Waals surface area contributed by atoms with E-state index in [1.54, 1.807) is 39.8 Å². The molecule has 1 aliphatic heterocycles. The van der Waals surface area contributed by atoms with Crippen LogP contribution in [0.4, 0.5) is 17.1 Å². The molecular formula is C33H35N5O7. The first-order chi connectivity index (χ1) is 21.5. The van der Waals surface area contributed by atoms with Crippen LogP contribution in [0.1, 0.15) is 61.6 Å². The number of carbonyl (C=O) groups is 3. The second-order valence-corrected chi connectivity index (χ2v) is 11.3. The monoisotopic (exact) mass is 613 g/mol. The molecule has 0 aliphatic carbocycles. The number of benzene rings is 3. The van der Waals surface area contributed by atoms with E-state index in [9.17, 15) is 29.1 Å². The van der Waals surface area contributed by atoms with Gasteiger partial charge in [0.2, 0.25) is 12.2 Å². The third-order valence-corrected chi connectivity index (χ3v) is 7.77. The number of hydrogen-bond donors (Lipinski definition) is 4. The molecule has 1 aliphatic rings. The van der Waals surface area contributed by atoms with Crippen molar-refractivity contribution in [2.45, 2.75) is 65.0 Å². The first kappa shape index (κ1) is 31.2. The summed E-state index contributed by atoms with van der Waals surface area (Å²) in [4.78, 5) is 65.2. The minimum atomic E-state index is -1.54. The Balaban J connectivity index is 1.40. The Hall–Kier alpha value is -5.23. The number of aromatic nitrogens is 2. The average molecular weight is 614 g/mol. The van der Waals surface area contributed by atoms with Crippen LogP contribution >= 0.6 is 0 Å². The first-order valence-electron chi connectivity index (χ1n) is 14.7. The number of carbonyl (C=O) groups excluding carboxylic acids is 3. The van der Waals surface area contributed by atoms with Gasteiger partial charge >= 0.3 is 11.7 Å². The van der Waals surface area contributed by atoms with Crippen LogP contribution < -0.4 is 27.2 Å². The molecule has 0 spiro atoms. The average Bonchev–Trinajstić information content (AvgIpc) is 3.31. The molecule has 2 heterocycles. The number of anilines is 3. The lowest BCUT2D eigenvalue weighted by molar-refractivity contribution is -0.155.